The zero-order valence-corrected chi connectivity index (χ0v) is 15.3. The van der Waals surface area contributed by atoms with Crippen LogP contribution in [0.4, 0.5) is 0 Å². The molecule has 0 aromatic heterocycles. The Morgan fingerprint density at radius 2 is 1.62 bits per heavy atom. The highest BCUT2D eigenvalue weighted by Gasteiger charge is 2.41. The predicted molar refractivity (Wildman–Crippen MR) is 85.0 cm³/mol. The van der Waals surface area contributed by atoms with Gasteiger partial charge in [0.25, 0.3) is 0 Å². The molecule has 0 radical (unpaired) electrons. The third kappa shape index (κ3) is 5.04. The second kappa shape index (κ2) is 5.70. The highest BCUT2D eigenvalue weighted by Crippen LogP contribution is 2.40. The summed E-state index contributed by atoms with van der Waals surface area (Å²) < 4.78 is 14.2. The van der Waals surface area contributed by atoms with Crippen LogP contribution in [0.2, 0.25) is 18.1 Å². The lowest BCUT2D eigenvalue weighted by Crippen LogP contribution is -2.47. The van der Waals surface area contributed by atoms with Crippen molar-refractivity contribution in [2.24, 2.45) is 5.41 Å². The largest absolute Gasteiger partial charge is 0.413 e. The summed E-state index contributed by atoms with van der Waals surface area (Å²) in [5.41, 5.74) is 0.111. The van der Waals surface area contributed by atoms with E-state index in [1.54, 1.807) is 0 Å². The summed E-state index contributed by atoms with van der Waals surface area (Å²) in [4.78, 5) is 0. The molecule has 0 heterocycles. The smallest absolute Gasteiger partial charge is 0.192 e. The highest BCUT2D eigenvalue weighted by molar-refractivity contribution is 14.1. The van der Waals surface area contributed by atoms with E-state index in [1.165, 1.54) is 0 Å². The minimum Gasteiger partial charge on any atom is -0.413 e. The Kier molecular flexibility index (Phi) is 5.33. The van der Waals surface area contributed by atoms with Crippen molar-refractivity contribution in [1.82, 2.24) is 0 Å². The molecule has 0 saturated heterocycles. The van der Waals surface area contributed by atoms with Crippen molar-refractivity contribution in [3.63, 3.8) is 0 Å². The fourth-order valence-corrected chi connectivity index (χ4v) is 3.17. The van der Waals surface area contributed by atoms with E-state index in [0.29, 0.717) is 0 Å². The van der Waals surface area contributed by atoms with Crippen LogP contribution in [0.3, 0.4) is 0 Å². The Labute approximate surface area is 118 Å². The monoisotopic (exact) mass is 357 g/mol. The van der Waals surface area contributed by atoms with Gasteiger partial charge >= 0.3 is 0 Å². The molecule has 0 aromatic carbocycles. The molecule has 0 saturated carbocycles. The van der Waals surface area contributed by atoms with Crippen molar-refractivity contribution >= 4 is 30.9 Å². The van der Waals surface area contributed by atoms with Crippen molar-refractivity contribution in [3.05, 3.63) is 0 Å². The molecular weight excluding hydrogens is 327 g/mol. The van der Waals surface area contributed by atoms with Gasteiger partial charge in [-0.25, -0.2) is 0 Å². The first-order valence-corrected chi connectivity index (χ1v) is 10.2. The fourth-order valence-electron chi connectivity index (χ4n) is 1.19. The summed E-state index contributed by atoms with van der Waals surface area (Å²) >= 11 is 2.17. The van der Waals surface area contributed by atoms with Crippen LogP contribution >= 0.6 is 22.6 Å². The van der Waals surface area contributed by atoms with Gasteiger partial charge in [-0.05, 0) is 30.0 Å². The Bertz CT molecular complexity index is 241. The molecule has 98 valence electrons. The van der Waals surface area contributed by atoms with Crippen molar-refractivity contribution in [3.8, 4) is 0 Å². The van der Waals surface area contributed by atoms with E-state index >= 15 is 0 Å². The molecule has 0 unspecified atom stereocenters. The van der Waals surface area contributed by atoms with Gasteiger partial charge in [0.1, 0.15) is 0 Å². The normalized spacial score (nSPS) is 19.2. The number of halogens is 1. The van der Waals surface area contributed by atoms with Gasteiger partial charge in [0.15, 0.2) is 8.32 Å². The molecule has 0 fully saturated rings. The van der Waals surface area contributed by atoms with E-state index in [-0.39, 0.29) is 21.0 Å². The molecule has 3 heteroatoms. The van der Waals surface area contributed by atoms with Gasteiger partial charge in [-0.2, -0.15) is 0 Å². The predicted octanol–water partition coefficient (Wildman–Crippen LogP) is 5.25. The zero-order chi connectivity index (χ0) is 14.1. The molecule has 16 heavy (non-hydrogen) atoms. The Morgan fingerprint density at radius 1 is 1.19 bits per heavy atom. The van der Waals surface area contributed by atoms with Gasteiger partial charge in [-0.1, -0.05) is 64.1 Å². The molecule has 0 N–H and O–H groups in total. The second-order valence-corrected chi connectivity index (χ2v) is 12.8. The molecule has 0 aliphatic rings. The summed E-state index contributed by atoms with van der Waals surface area (Å²) in [6, 6.07) is 0. The number of hydrogen-bond acceptors (Lipinski definition) is 1. The van der Waals surface area contributed by atoms with Crippen LogP contribution in [0.5, 0.6) is 0 Å². The van der Waals surface area contributed by atoms with E-state index < -0.39 is 8.32 Å². The number of rotatable bonds is 4. The SMILES string of the molecule is [2H][C@H](I)C[C@H](O[Si](C)(C)C(C)(C)C)C(C)(C)C. The second-order valence-electron chi connectivity index (χ2n) is 7.12. The third-order valence-electron chi connectivity index (χ3n) is 3.51. The highest BCUT2D eigenvalue weighted by atomic mass is 127. The lowest BCUT2D eigenvalue weighted by molar-refractivity contribution is 0.0713. The topological polar surface area (TPSA) is 9.23 Å². The fraction of sp³-hybridized carbons (Fsp3) is 1.00. The van der Waals surface area contributed by atoms with Crippen LogP contribution in [0, 0.1) is 5.41 Å². The third-order valence-corrected chi connectivity index (χ3v) is 8.51. The maximum atomic E-state index is 7.77. The van der Waals surface area contributed by atoms with Crippen LogP contribution in [-0.4, -0.2) is 18.8 Å². The lowest BCUT2D eigenvalue weighted by atomic mass is 9.88. The summed E-state index contributed by atoms with van der Waals surface area (Å²) in [5, 5.41) is 0.235. The molecule has 0 spiro atoms. The average molecular weight is 357 g/mol. The molecule has 1 nitrogen and oxygen atoms in total. The summed E-state index contributed by atoms with van der Waals surface area (Å²) in [6.07, 6.45) is 0.999. The van der Waals surface area contributed by atoms with Crippen LogP contribution in [0.15, 0.2) is 0 Å². The van der Waals surface area contributed by atoms with Crippen LogP contribution < -0.4 is 0 Å². The molecule has 0 aromatic rings. The van der Waals surface area contributed by atoms with Crippen molar-refractivity contribution in [1.29, 1.82) is 0 Å². The molecule has 2 atom stereocenters. The van der Waals surface area contributed by atoms with Gasteiger partial charge in [-0.3, -0.25) is 0 Å². The lowest BCUT2D eigenvalue weighted by Gasteiger charge is -2.43. The molecule has 0 rings (SSSR count). The van der Waals surface area contributed by atoms with E-state index in [9.17, 15) is 0 Å². The minimum atomic E-state index is -1.73. The van der Waals surface area contributed by atoms with Crippen LogP contribution in [0.25, 0.3) is 0 Å². The summed E-state index contributed by atoms with van der Waals surface area (Å²) in [7, 11) is -1.73. The Balaban J connectivity index is 4.88. The standard InChI is InChI=1S/C13H29IOSi/c1-12(2,3)11(9-10-14)15-16(7,8)13(4,5)6/h11H,9-10H2,1-8H3/t11-/m0/s1/i10D/t10-,11-. The van der Waals surface area contributed by atoms with Gasteiger partial charge in [0.2, 0.25) is 0 Å². The Hall–Kier alpha value is 0.907. The first-order valence-electron chi connectivity index (χ1n) is 6.59. The maximum Gasteiger partial charge on any atom is 0.192 e. The summed E-state index contributed by atoms with van der Waals surface area (Å²) in [6.45, 7) is 18.0. The first kappa shape index (κ1) is 15.0. The van der Waals surface area contributed by atoms with Gasteiger partial charge in [0.05, 0.1) is 6.10 Å². The molecule has 0 amide bonds. The van der Waals surface area contributed by atoms with Gasteiger partial charge < -0.3 is 4.43 Å². The minimum absolute atomic E-state index is 0.0819. The van der Waals surface area contributed by atoms with E-state index in [4.69, 9.17) is 5.80 Å². The van der Waals surface area contributed by atoms with Crippen LogP contribution in [0.1, 0.15) is 49.3 Å². The molecular formula is C13H29IOSi. The average Bonchev–Trinajstić information content (AvgIpc) is 1.97. The van der Waals surface area contributed by atoms with Crippen molar-refractivity contribution in [2.45, 2.75) is 72.2 Å². The quantitative estimate of drug-likeness (QED) is 0.379. The van der Waals surface area contributed by atoms with Gasteiger partial charge in [-0.15, -0.1) is 0 Å². The molecule has 0 bridgehead atoms. The number of hydrogen-bond donors (Lipinski definition) is 0. The Morgan fingerprint density at radius 3 is 1.88 bits per heavy atom. The van der Waals surface area contributed by atoms with Crippen LogP contribution in [-0.2, 0) is 4.43 Å². The first-order chi connectivity index (χ1) is 7.27. The van der Waals surface area contributed by atoms with Crippen molar-refractivity contribution in [2.75, 3.05) is 4.40 Å². The van der Waals surface area contributed by atoms with E-state index in [1.807, 2.05) is 0 Å². The summed E-state index contributed by atoms with van der Waals surface area (Å²) in [5.74, 6) is 0. The van der Waals surface area contributed by atoms with Gasteiger partial charge in [0, 0.05) is 5.77 Å². The van der Waals surface area contributed by atoms with Crippen molar-refractivity contribution < 1.29 is 5.80 Å². The zero-order valence-electron chi connectivity index (χ0n) is 13.1. The number of alkyl halides is 1. The molecule has 0 aliphatic carbocycles. The maximum absolute atomic E-state index is 7.77. The molecule has 0 aliphatic heterocycles. The van der Waals surface area contributed by atoms with E-state index in [2.05, 4.69) is 77.2 Å². The van der Waals surface area contributed by atoms with E-state index in [0.717, 1.165) is 6.42 Å².